The van der Waals surface area contributed by atoms with E-state index < -0.39 is 17.7 Å². The molecule has 1 aliphatic heterocycles. The zero-order valence-electron chi connectivity index (χ0n) is 10.5. The average Bonchev–Trinajstić information content (AvgIpc) is 2.38. The third-order valence-electron chi connectivity index (χ3n) is 3.14. The van der Waals surface area contributed by atoms with Crippen molar-refractivity contribution in [1.29, 1.82) is 10.8 Å². The Hall–Kier alpha value is -1.73. The van der Waals surface area contributed by atoms with Crippen molar-refractivity contribution >= 4 is 11.9 Å². The van der Waals surface area contributed by atoms with Gasteiger partial charge in [0.25, 0.3) is 6.02 Å². The smallest absolute Gasteiger partial charge is 0.285 e. The Morgan fingerprint density at radius 3 is 2.68 bits per heavy atom. The Bertz CT molecular complexity index is 441. The first-order valence-corrected chi connectivity index (χ1v) is 6.07. The highest BCUT2D eigenvalue weighted by Gasteiger charge is 2.25. The molecule has 4 N–H and O–H groups in total. The molecule has 0 aromatic heterocycles. The van der Waals surface area contributed by atoms with Gasteiger partial charge in [-0.05, 0) is 6.08 Å². The molecule has 0 spiro atoms. The van der Waals surface area contributed by atoms with Crippen LogP contribution < -0.4 is 5.73 Å². The van der Waals surface area contributed by atoms with Gasteiger partial charge in [-0.3, -0.25) is 15.7 Å². The van der Waals surface area contributed by atoms with Crippen LogP contribution >= 0.6 is 0 Å². The van der Waals surface area contributed by atoms with Gasteiger partial charge in [-0.15, -0.1) is 0 Å². The summed E-state index contributed by atoms with van der Waals surface area (Å²) in [6.07, 6.45) is 3.57. The molecule has 0 aromatic carbocycles. The molecule has 19 heavy (non-hydrogen) atoms. The van der Waals surface area contributed by atoms with E-state index in [1.807, 2.05) is 6.08 Å². The minimum Gasteiger partial charge on any atom is -0.407 e. The fourth-order valence-electron chi connectivity index (χ4n) is 2.18. The molecule has 1 fully saturated rings. The van der Waals surface area contributed by atoms with Crippen LogP contribution in [0.25, 0.3) is 0 Å². The third-order valence-corrected chi connectivity index (χ3v) is 3.14. The molecule has 1 aliphatic carbocycles. The van der Waals surface area contributed by atoms with Gasteiger partial charge in [0.2, 0.25) is 5.90 Å². The topological polar surface area (TPSA) is 95.4 Å². The van der Waals surface area contributed by atoms with E-state index in [1.165, 1.54) is 6.08 Å². The molecule has 104 valence electrons. The fraction of sp³-hybridized carbons (Fsp3) is 0.500. The van der Waals surface area contributed by atoms with Gasteiger partial charge in [0, 0.05) is 25.6 Å². The molecule has 0 aromatic rings. The number of morpholine rings is 1. The van der Waals surface area contributed by atoms with Crippen LogP contribution in [0.2, 0.25) is 0 Å². The van der Waals surface area contributed by atoms with Gasteiger partial charge in [-0.2, -0.15) is 0 Å². The summed E-state index contributed by atoms with van der Waals surface area (Å²) in [7, 11) is 0. The van der Waals surface area contributed by atoms with Crippen molar-refractivity contribution in [2.75, 3.05) is 26.3 Å². The number of nitrogens with two attached hydrogens (primary N) is 1. The SMILES string of the molecule is N=C(N)OC(=N)C1=C(F)CC(N2CCOCC2)C=C1. The predicted octanol–water partition coefficient (Wildman–Crippen LogP) is 0.758. The second kappa shape index (κ2) is 5.94. The molecule has 6 nitrogen and oxygen atoms in total. The van der Waals surface area contributed by atoms with Crippen LogP contribution in [0.4, 0.5) is 4.39 Å². The first-order valence-electron chi connectivity index (χ1n) is 6.07. The molecule has 2 rings (SSSR count). The average molecular weight is 268 g/mol. The normalized spacial score (nSPS) is 24.4. The van der Waals surface area contributed by atoms with E-state index in [9.17, 15) is 4.39 Å². The molecule has 1 atom stereocenters. The van der Waals surface area contributed by atoms with Crippen molar-refractivity contribution in [1.82, 2.24) is 4.90 Å². The summed E-state index contributed by atoms with van der Waals surface area (Å²) in [6.45, 7) is 2.87. The Kier molecular flexibility index (Phi) is 4.28. The molecule has 0 saturated carbocycles. The van der Waals surface area contributed by atoms with E-state index in [-0.39, 0.29) is 18.0 Å². The summed E-state index contributed by atoms with van der Waals surface area (Å²) in [5.74, 6) is -0.841. The highest BCUT2D eigenvalue weighted by molar-refractivity contribution is 6.00. The highest BCUT2D eigenvalue weighted by Crippen LogP contribution is 2.25. The lowest BCUT2D eigenvalue weighted by molar-refractivity contribution is 0.0245. The molecule has 7 heteroatoms. The molecule has 1 unspecified atom stereocenters. The van der Waals surface area contributed by atoms with Crippen LogP contribution in [0.5, 0.6) is 0 Å². The van der Waals surface area contributed by atoms with E-state index in [4.69, 9.17) is 21.3 Å². The number of amidine groups is 1. The largest absolute Gasteiger partial charge is 0.407 e. The van der Waals surface area contributed by atoms with Crippen LogP contribution in [-0.4, -0.2) is 49.2 Å². The summed E-state index contributed by atoms with van der Waals surface area (Å²) >= 11 is 0. The number of nitrogens with zero attached hydrogens (tertiary/aromatic N) is 1. The Morgan fingerprint density at radius 1 is 1.42 bits per heavy atom. The lowest BCUT2D eigenvalue weighted by atomic mass is 10.00. The minimum absolute atomic E-state index is 0.0159. The van der Waals surface area contributed by atoms with Crippen molar-refractivity contribution in [2.24, 2.45) is 5.73 Å². The molecule has 0 bridgehead atoms. The first kappa shape index (κ1) is 13.7. The Balaban J connectivity index is 2.01. The van der Waals surface area contributed by atoms with Crippen molar-refractivity contribution < 1.29 is 13.9 Å². The molecule has 1 heterocycles. The second-order valence-corrected chi connectivity index (χ2v) is 4.39. The lowest BCUT2D eigenvalue weighted by Crippen LogP contribution is -2.43. The van der Waals surface area contributed by atoms with Crippen molar-refractivity contribution in [3.05, 3.63) is 23.6 Å². The van der Waals surface area contributed by atoms with E-state index in [0.29, 0.717) is 13.2 Å². The van der Waals surface area contributed by atoms with Gasteiger partial charge in [0.15, 0.2) is 0 Å². The first-order chi connectivity index (χ1) is 9.08. The van der Waals surface area contributed by atoms with Crippen LogP contribution in [0.15, 0.2) is 23.6 Å². The van der Waals surface area contributed by atoms with Crippen LogP contribution in [0.1, 0.15) is 6.42 Å². The number of hydrogen-bond donors (Lipinski definition) is 3. The van der Waals surface area contributed by atoms with E-state index in [2.05, 4.69) is 9.64 Å². The predicted molar refractivity (Wildman–Crippen MR) is 68.8 cm³/mol. The van der Waals surface area contributed by atoms with Gasteiger partial charge < -0.3 is 15.2 Å². The second-order valence-electron chi connectivity index (χ2n) is 4.39. The molecule has 1 saturated heterocycles. The molecule has 2 aliphatic rings. The van der Waals surface area contributed by atoms with E-state index in [1.54, 1.807) is 0 Å². The lowest BCUT2D eigenvalue weighted by Gasteiger charge is -2.34. The maximum atomic E-state index is 14.0. The third kappa shape index (κ3) is 3.39. The van der Waals surface area contributed by atoms with E-state index in [0.717, 1.165) is 13.1 Å². The zero-order chi connectivity index (χ0) is 13.8. The zero-order valence-corrected chi connectivity index (χ0v) is 10.5. The maximum Gasteiger partial charge on any atom is 0.285 e. The molecular weight excluding hydrogens is 251 g/mol. The van der Waals surface area contributed by atoms with Gasteiger partial charge in [0.1, 0.15) is 5.83 Å². The summed E-state index contributed by atoms with van der Waals surface area (Å²) in [5.41, 5.74) is 5.07. The van der Waals surface area contributed by atoms with Gasteiger partial charge in [-0.1, -0.05) is 6.08 Å². The fourth-order valence-corrected chi connectivity index (χ4v) is 2.18. The van der Waals surface area contributed by atoms with Crippen molar-refractivity contribution in [3.63, 3.8) is 0 Å². The van der Waals surface area contributed by atoms with Crippen LogP contribution in [-0.2, 0) is 9.47 Å². The number of nitrogens with one attached hydrogen (secondary N) is 2. The quantitative estimate of drug-likeness (QED) is 0.509. The summed E-state index contributed by atoms with van der Waals surface area (Å²) in [4.78, 5) is 2.14. The maximum absolute atomic E-state index is 14.0. The number of hydrogen-bond acceptors (Lipinski definition) is 5. The van der Waals surface area contributed by atoms with Crippen LogP contribution in [0.3, 0.4) is 0 Å². The summed E-state index contributed by atoms with van der Waals surface area (Å²) < 4.78 is 23.9. The highest BCUT2D eigenvalue weighted by atomic mass is 19.1. The van der Waals surface area contributed by atoms with Gasteiger partial charge >= 0.3 is 0 Å². The Morgan fingerprint density at radius 2 is 2.11 bits per heavy atom. The minimum atomic E-state index is -0.617. The van der Waals surface area contributed by atoms with Crippen LogP contribution in [0, 0.1) is 10.8 Å². The molecular formula is C12H17FN4O2. The number of halogens is 1. The molecule has 0 radical (unpaired) electrons. The monoisotopic (exact) mass is 268 g/mol. The van der Waals surface area contributed by atoms with Gasteiger partial charge in [0.05, 0.1) is 18.8 Å². The standard InChI is InChI=1S/C12H17FN4O2/c13-10-7-8(17-3-5-18-6-4-17)1-2-9(10)11(14)19-12(15)16/h1-2,8,14H,3-7H2,(H3,15,16). The van der Waals surface area contributed by atoms with Crippen molar-refractivity contribution in [2.45, 2.75) is 12.5 Å². The van der Waals surface area contributed by atoms with E-state index >= 15 is 0 Å². The number of ether oxygens (including phenoxy) is 2. The van der Waals surface area contributed by atoms with Gasteiger partial charge in [-0.25, -0.2) is 4.39 Å². The molecule has 0 amide bonds. The van der Waals surface area contributed by atoms with Crippen molar-refractivity contribution in [3.8, 4) is 0 Å². The summed E-state index contributed by atoms with van der Waals surface area (Å²) in [6, 6.07) is -0.633. The number of rotatable bonds is 2. The Labute approximate surface area is 110 Å². The summed E-state index contributed by atoms with van der Waals surface area (Å²) in [5, 5.41) is 14.5.